The van der Waals surface area contributed by atoms with Gasteiger partial charge in [-0.1, -0.05) is 30.4 Å². The summed E-state index contributed by atoms with van der Waals surface area (Å²) in [6.45, 7) is 2.20. The fraction of sp³-hybridized carbons (Fsp3) is 0.385. The Hall–Kier alpha value is -3.16. The van der Waals surface area contributed by atoms with E-state index in [1.807, 2.05) is 12.1 Å². The van der Waals surface area contributed by atoms with E-state index in [0.717, 1.165) is 24.9 Å². The number of likely N-dealkylation sites (N-methyl/N-ethyl adjacent to an activating group) is 1. The number of piperidine rings is 1. The first-order chi connectivity index (χ1) is 15.9. The van der Waals surface area contributed by atoms with Crippen LogP contribution in [0.4, 0.5) is 0 Å². The highest BCUT2D eigenvalue weighted by Gasteiger charge is 2.64. The van der Waals surface area contributed by atoms with Gasteiger partial charge in [-0.05, 0) is 50.2 Å². The topological polar surface area (TPSA) is 85.3 Å². The van der Waals surface area contributed by atoms with Crippen LogP contribution in [0.5, 0.6) is 17.2 Å². The van der Waals surface area contributed by atoms with E-state index in [4.69, 9.17) is 14.2 Å². The maximum Gasteiger partial charge on any atom is 0.347 e. The van der Waals surface area contributed by atoms with E-state index in [-0.39, 0.29) is 22.6 Å². The van der Waals surface area contributed by atoms with Crippen LogP contribution in [0, 0.1) is 5.92 Å². The highest BCUT2D eigenvalue weighted by Crippen LogP contribution is 2.62. The summed E-state index contributed by atoms with van der Waals surface area (Å²) in [5.74, 6) is 0.101. The van der Waals surface area contributed by atoms with E-state index in [1.165, 1.54) is 12.5 Å². The molecule has 0 saturated carbocycles. The average molecular weight is 447 g/mol. The van der Waals surface area contributed by atoms with Gasteiger partial charge in [0.2, 0.25) is 0 Å². The van der Waals surface area contributed by atoms with Crippen molar-refractivity contribution in [2.24, 2.45) is 5.92 Å². The van der Waals surface area contributed by atoms with Crippen molar-refractivity contribution in [2.45, 2.75) is 43.4 Å². The molecule has 2 aliphatic heterocycles. The molecule has 170 valence electrons. The number of aliphatic hydroxyl groups is 1. The molecule has 2 aromatic rings. The van der Waals surface area contributed by atoms with Crippen LogP contribution < -0.4 is 14.2 Å². The normalized spacial score (nSPS) is 30.9. The summed E-state index contributed by atoms with van der Waals surface area (Å²) in [5.41, 5.74) is 2.09. The van der Waals surface area contributed by atoms with Gasteiger partial charge in [0.25, 0.3) is 0 Å². The fourth-order valence-corrected chi connectivity index (χ4v) is 6.34. The first-order valence-corrected chi connectivity index (χ1v) is 11.3. The molecule has 33 heavy (non-hydrogen) atoms. The summed E-state index contributed by atoms with van der Waals surface area (Å²) in [4.78, 5) is 26.9. The number of para-hydroxylation sites is 1. The van der Waals surface area contributed by atoms with Gasteiger partial charge in [-0.15, -0.1) is 0 Å². The molecule has 0 radical (unpaired) electrons. The molecule has 1 N–H and O–H groups in total. The van der Waals surface area contributed by atoms with Gasteiger partial charge in [0.05, 0.1) is 0 Å². The monoisotopic (exact) mass is 447 g/mol. The maximum atomic E-state index is 13.1. The molecular weight excluding hydrogens is 422 g/mol. The number of hydrogen-bond acceptors (Lipinski definition) is 7. The lowest BCUT2D eigenvalue weighted by molar-refractivity contribution is -0.131. The number of carbonyl (C=O) groups excluding carboxylic acids is 2. The average Bonchev–Trinajstić information content (AvgIpc) is 3.14. The van der Waals surface area contributed by atoms with Gasteiger partial charge >= 0.3 is 11.9 Å². The molecule has 2 heterocycles. The predicted molar refractivity (Wildman–Crippen MR) is 119 cm³/mol. The molecule has 4 aliphatic rings. The minimum atomic E-state index is -0.725. The standard InChI is InChI=1S/C26H25NO6/c1-14(28)31-20-6-4-3-5-16(20)25(30)32-21-10-7-15-13-18-17-8-9-19(29)24-26(17,11-12-27(18)2)22(15)23(21)33-24/h3-10,17-19,24,29H,11-13H2,1-2H3/t17?,18-,19?,24+,26+/m1/s1. The highest BCUT2D eigenvalue weighted by molar-refractivity contribution is 5.95. The zero-order valence-electron chi connectivity index (χ0n) is 18.5. The lowest BCUT2D eigenvalue weighted by Crippen LogP contribution is -2.64. The Kier molecular flexibility index (Phi) is 4.44. The molecule has 1 spiro atoms. The number of esters is 2. The zero-order valence-corrected chi connectivity index (χ0v) is 18.5. The van der Waals surface area contributed by atoms with E-state index in [2.05, 4.69) is 18.0 Å². The van der Waals surface area contributed by atoms with Crippen LogP contribution >= 0.6 is 0 Å². The number of ether oxygens (including phenoxy) is 3. The van der Waals surface area contributed by atoms with E-state index in [1.54, 1.807) is 30.3 Å². The Labute approximate surface area is 191 Å². The fourth-order valence-electron chi connectivity index (χ4n) is 6.34. The minimum Gasteiger partial charge on any atom is -0.482 e. The van der Waals surface area contributed by atoms with Crippen molar-refractivity contribution in [2.75, 3.05) is 13.6 Å². The number of rotatable bonds is 3. The summed E-state index contributed by atoms with van der Waals surface area (Å²) >= 11 is 0. The van der Waals surface area contributed by atoms with Crippen LogP contribution in [0.1, 0.15) is 34.8 Å². The Balaban J connectivity index is 1.42. The van der Waals surface area contributed by atoms with Crippen LogP contribution in [-0.2, 0) is 16.6 Å². The van der Waals surface area contributed by atoms with Crippen molar-refractivity contribution < 1.29 is 28.9 Å². The van der Waals surface area contributed by atoms with E-state index in [9.17, 15) is 14.7 Å². The third kappa shape index (κ3) is 2.82. The molecule has 5 atom stereocenters. The lowest BCUT2D eigenvalue weighted by atomic mass is 9.53. The number of aliphatic hydroxyl groups excluding tert-OH is 1. The van der Waals surface area contributed by atoms with Crippen LogP contribution in [0.3, 0.4) is 0 Å². The van der Waals surface area contributed by atoms with E-state index >= 15 is 0 Å². The Morgan fingerprint density at radius 1 is 1.12 bits per heavy atom. The number of carbonyl (C=O) groups is 2. The first kappa shape index (κ1) is 20.4. The molecule has 2 aromatic carbocycles. The molecule has 2 aliphatic carbocycles. The molecule has 7 heteroatoms. The number of hydrogen-bond donors (Lipinski definition) is 1. The first-order valence-electron chi connectivity index (χ1n) is 11.3. The van der Waals surface area contributed by atoms with Crippen molar-refractivity contribution in [1.29, 1.82) is 0 Å². The van der Waals surface area contributed by atoms with Gasteiger partial charge < -0.3 is 24.2 Å². The summed E-state index contributed by atoms with van der Waals surface area (Å²) in [7, 11) is 2.16. The molecular formula is C26H25NO6. The molecule has 2 unspecified atom stereocenters. The van der Waals surface area contributed by atoms with E-state index < -0.39 is 24.1 Å². The quantitative estimate of drug-likeness (QED) is 0.440. The van der Waals surface area contributed by atoms with Crippen molar-refractivity contribution in [3.05, 3.63) is 65.2 Å². The van der Waals surface area contributed by atoms with Crippen LogP contribution in [-0.4, -0.2) is 53.8 Å². The molecule has 0 amide bonds. The Morgan fingerprint density at radius 2 is 1.94 bits per heavy atom. The van der Waals surface area contributed by atoms with Crippen LogP contribution in [0.25, 0.3) is 0 Å². The van der Waals surface area contributed by atoms with Gasteiger partial charge in [-0.2, -0.15) is 0 Å². The summed E-state index contributed by atoms with van der Waals surface area (Å²) < 4.78 is 17.4. The Morgan fingerprint density at radius 3 is 2.76 bits per heavy atom. The smallest absolute Gasteiger partial charge is 0.347 e. The molecule has 6 rings (SSSR count). The van der Waals surface area contributed by atoms with Crippen LogP contribution in [0.15, 0.2) is 48.6 Å². The third-order valence-corrected chi connectivity index (χ3v) is 7.70. The maximum absolute atomic E-state index is 13.1. The van der Waals surface area contributed by atoms with Gasteiger partial charge in [-0.3, -0.25) is 4.79 Å². The van der Waals surface area contributed by atoms with Crippen molar-refractivity contribution in [3.63, 3.8) is 0 Å². The lowest BCUT2D eigenvalue weighted by Gasteiger charge is -2.56. The summed E-state index contributed by atoms with van der Waals surface area (Å²) in [6.07, 6.45) is 4.60. The number of benzene rings is 2. The second kappa shape index (κ2) is 7.17. The van der Waals surface area contributed by atoms with Crippen LogP contribution in [0.2, 0.25) is 0 Å². The molecule has 2 bridgehead atoms. The predicted octanol–water partition coefficient (Wildman–Crippen LogP) is 2.64. The minimum absolute atomic E-state index is 0.149. The number of nitrogens with zero attached hydrogens (tertiary/aromatic N) is 1. The second-order valence-corrected chi connectivity index (χ2v) is 9.39. The van der Waals surface area contributed by atoms with Crippen molar-refractivity contribution in [3.8, 4) is 17.2 Å². The van der Waals surface area contributed by atoms with Gasteiger partial charge in [-0.25, -0.2) is 4.79 Å². The SMILES string of the molecule is CC(=O)Oc1ccccc1C(=O)Oc1ccc2c3c1O[C@H]1C(O)C=CC4[C@@H](C2)N(C)CC[C@@]341. The number of likely N-dealkylation sites (tertiary alicyclic amines) is 1. The summed E-state index contributed by atoms with van der Waals surface area (Å²) in [5, 5.41) is 10.8. The second-order valence-electron chi connectivity index (χ2n) is 9.39. The van der Waals surface area contributed by atoms with Gasteiger partial charge in [0.1, 0.15) is 23.5 Å². The highest BCUT2D eigenvalue weighted by atomic mass is 16.6. The zero-order chi connectivity index (χ0) is 22.9. The van der Waals surface area contributed by atoms with E-state index in [0.29, 0.717) is 17.5 Å². The summed E-state index contributed by atoms with van der Waals surface area (Å²) in [6, 6.07) is 10.6. The van der Waals surface area contributed by atoms with Gasteiger partial charge in [0, 0.05) is 29.9 Å². The largest absolute Gasteiger partial charge is 0.482 e. The van der Waals surface area contributed by atoms with Crippen molar-refractivity contribution >= 4 is 11.9 Å². The third-order valence-electron chi connectivity index (χ3n) is 7.70. The van der Waals surface area contributed by atoms with Gasteiger partial charge in [0.15, 0.2) is 11.5 Å². The Bertz CT molecular complexity index is 1210. The van der Waals surface area contributed by atoms with Crippen molar-refractivity contribution in [1.82, 2.24) is 4.90 Å². The molecule has 7 nitrogen and oxygen atoms in total. The molecule has 0 aromatic heterocycles. The molecule has 1 saturated heterocycles. The molecule has 1 fully saturated rings.